The standard InChI is InChI=1S/C13H14N2OS/c1-10-7-8-14-13(15-10)17-9-11-5-3-4-6-12(11)16-2/h3-8H,9H2,1-2H3. The minimum absolute atomic E-state index is 0.802. The number of benzene rings is 1. The normalized spacial score (nSPS) is 10.2. The molecule has 0 bridgehead atoms. The predicted molar refractivity (Wildman–Crippen MR) is 69.3 cm³/mol. The third-order valence-electron chi connectivity index (χ3n) is 2.32. The molecule has 0 aliphatic carbocycles. The second-order valence-corrected chi connectivity index (χ2v) is 4.52. The maximum Gasteiger partial charge on any atom is 0.188 e. The van der Waals surface area contributed by atoms with Crippen molar-refractivity contribution in [3.05, 3.63) is 47.8 Å². The van der Waals surface area contributed by atoms with Crippen molar-refractivity contribution in [3.63, 3.8) is 0 Å². The third-order valence-corrected chi connectivity index (χ3v) is 3.23. The number of ether oxygens (including phenoxy) is 1. The van der Waals surface area contributed by atoms with Gasteiger partial charge >= 0.3 is 0 Å². The average Bonchev–Trinajstić information content (AvgIpc) is 2.37. The van der Waals surface area contributed by atoms with E-state index in [2.05, 4.69) is 16.0 Å². The predicted octanol–water partition coefficient (Wildman–Crippen LogP) is 3.09. The van der Waals surface area contributed by atoms with Crippen LogP contribution < -0.4 is 4.74 Å². The van der Waals surface area contributed by atoms with E-state index < -0.39 is 0 Å². The summed E-state index contributed by atoms with van der Waals surface area (Å²) in [5.74, 6) is 1.72. The minimum atomic E-state index is 0.802. The zero-order valence-corrected chi connectivity index (χ0v) is 10.7. The maximum atomic E-state index is 5.30. The number of thioether (sulfide) groups is 1. The Morgan fingerprint density at radius 2 is 2.06 bits per heavy atom. The second kappa shape index (κ2) is 5.68. The van der Waals surface area contributed by atoms with Crippen molar-refractivity contribution < 1.29 is 4.74 Å². The van der Waals surface area contributed by atoms with Gasteiger partial charge in [-0.1, -0.05) is 30.0 Å². The van der Waals surface area contributed by atoms with Gasteiger partial charge < -0.3 is 4.74 Å². The number of hydrogen-bond donors (Lipinski definition) is 0. The molecular formula is C13H14N2OS. The van der Waals surface area contributed by atoms with Crippen LogP contribution in [-0.4, -0.2) is 17.1 Å². The van der Waals surface area contributed by atoms with Gasteiger partial charge in [-0.2, -0.15) is 0 Å². The Kier molecular flexibility index (Phi) is 3.98. The Balaban J connectivity index is 2.07. The molecule has 4 heteroatoms. The van der Waals surface area contributed by atoms with Crippen molar-refractivity contribution in [2.45, 2.75) is 17.8 Å². The van der Waals surface area contributed by atoms with Crippen molar-refractivity contribution in [1.82, 2.24) is 9.97 Å². The molecule has 0 atom stereocenters. The highest BCUT2D eigenvalue weighted by Gasteiger charge is 2.04. The lowest BCUT2D eigenvalue weighted by Crippen LogP contribution is -1.92. The van der Waals surface area contributed by atoms with Gasteiger partial charge in [0.2, 0.25) is 0 Å². The van der Waals surface area contributed by atoms with Gasteiger partial charge in [-0.05, 0) is 19.1 Å². The largest absolute Gasteiger partial charge is 0.496 e. The molecule has 0 unspecified atom stereocenters. The fourth-order valence-corrected chi connectivity index (χ4v) is 2.33. The van der Waals surface area contributed by atoms with Gasteiger partial charge in [-0.25, -0.2) is 9.97 Å². The topological polar surface area (TPSA) is 35.0 Å². The highest BCUT2D eigenvalue weighted by Crippen LogP contribution is 2.25. The highest BCUT2D eigenvalue weighted by atomic mass is 32.2. The highest BCUT2D eigenvalue weighted by molar-refractivity contribution is 7.98. The molecule has 1 aromatic heterocycles. The first-order valence-corrected chi connectivity index (χ1v) is 6.32. The summed E-state index contributed by atoms with van der Waals surface area (Å²) < 4.78 is 5.30. The molecule has 0 radical (unpaired) electrons. The Morgan fingerprint density at radius 3 is 2.82 bits per heavy atom. The summed E-state index contributed by atoms with van der Waals surface area (Å²) >= 11 is 1.61. The molecule has 0 saturated heterocycles. The fraction of sp³-hybridized carbons (Fsp3) is 0.231. The van der Waals surface area contributed by atoms with E-state index in [1.807, 2.05) is 31.2 Å². The molecule has 1 aromatic carbocycles. The molecule has 1 heterocycles. The molecule has 3 nitrogen and oxygen atoms in total. The summed E-state index contributed by atoms with van der Waals surface area (Å²) in [5.41, 5.74) is 2.15. The van der Waals surface area contributed by atoms with Crippen LogP contribution in [0, 0.1) is 6.92 Å². The first-order chi connectivity index (χ1) is 8.29. The Bertz CT molecular complexity index is 502. The van der Waals surface area contributed by atoms with Crippen LogP contribution in [0.15, 0.2) is 41.7 Å². The molecular weight excluding hydrogens is 232 g/mol. The molecule has 2 aromatic rings. The number of nitrogens with zero attached hydrogens (tertiary/aromatic N) is 2. The summed E-state index contributed by atoms with van der Waals surface area (Å²) in [4.78, 5) is 8.58. The summed E-state index contributed by atoms with van der Waals surface area (Å²) in [6, 6.07) is 9.90. The van der Waals surface area contributed by atoms with Gasteiger partial charge in [0.15, 0.2) is 5.16 Å². The number of para-hydroxylation sites is 1. The van der Waals surface area contributed by atoms with E-state index in [-0.39, 0.29) is 0 Å². The number of aryl methyl sites for hydroxylation is 1. The van der Waals surface area contributed by atoms with Crippen LogP contribution in [-0.2, 0) is 5.75 Å². The molecule has 0 aliphatic rings. The zero-order chi connectivity index (χ0) is 12.1. The second-order valence-electron chi connectivity index (χ2n) is 3.58. The molecule has 2 rings (SSSR count). The lowest BCUT2D eigenvalue weighted by atomic mass is 10.2. The summed E-state index contributed by atoms with van der Waals surface area (Å²) in [5, 5.41) is 0.802. The maximum absolute atomic E-state index is 5.30. The molecule has 0 aliphatic heterocycles. The van der Waals surface area contributed by atoms with Gasteiger partial charge in [0, 0.05) is 23.2 Å². The lowest BCUT2D eigenvalue weighted by Gasteiger charge is -2.07. The van der Waals surface area contributed by atoms with Gasteiger partial charge in [-0.3, -0.25) is 0 Å². The number of methoxy groups -OCH3 is 1. The zero-order valence-electron chi connectivity index (χ0n) is 9.88. The van der Waals surface area contributed by atoms with Gasteiger partial charge in [-0.15, -0.1) is 0 Å². The van der Waals surface area contributed by atoms with E-state index in [1.165, 1.54) is 0 Å². The Morgan fingerprint density at radius 1 is 1.24 bits per heavy atom. The van der Waals surface area contributed by atoms with E-state index in [0.717, 1.165) is 27.9 Å². The number of aromatic nitrogens is 2. The van der Waals surface area contributed by atoms with Crippen LogP contribution in [0.2, 0.25) is 0 Å². The van der Waals surface area contributed by atoms with E-state index >= 15 is 0 Å². The van der Waals surface area contributed by atoms with Crippen molar-refractivity contribution in [3.8, 4) is 5.75 Å². The molecule has 88 valence electrons. The Hall–Kier alpha value is -1.55. The molecule has 0 amide bonds. The summed E-state index contributed by atoms with van der Waals surface area (Å²) in [6.45, 7) is 1.97. The van der Waals surface area contributed by atoms with Crippen LogP contribution in [0.3, 0.4) is 0 Å². The molecule has 0 N–H and O–H groups in total. The van der Waals surface area contributed by atoms with Crippen LogP contribution in [0.5, 0.6) is 5.75 Å². The van der Waals surface area contributed by atoms with E-state index in [4.69, 9.17) is 4.74 Å². The number of rotatable bonds is 4. The van der Waals surface area contributed by atoms with Crippen LogP contribution in [0.4, 0.5) is 0 Å². The lowest BCUT2D eigenvalue weighted by molar-refractivity contribution is 0.411. The first-order valence-electron chi connectivity index (χ1n) is 5.34. The van der Waals surface area contributed by atoms with Crippen molar-refractivity contribution in [1.29, 1.82) is 0 Å². The SMILES string of the molecule is COc1ccccc1CSc1nccc(C)n1. The minimum Gasteiger partial charge on any atom is -0.496 e. The van der Waals surface area contributed by atoms with Gasteiger partial charge in [0.05, 0.1) is 7.11 Å². The molecule has 17 heavy (non-hydrogen) atoms. The summed E-state index contributed by atoms with van der Waals surface area (Å²) in [6.07, 6.45) is 1.78. The monoisotopic (exact) mass is 246 g/mol. The van der Waals surface area contributed by atoms with Crippen molar-refractivity contribution >= 4 is 11.8 Å². The van der Waals surface area contributed by atoms with E-state index in [0.29, 0.717) is 0 Å². The molecule has 0 spiro atoms. The molecule has 0 fully saturated rings. The van der Waals surface area contributed by atoms with Crippen LogP contribution >= 0.6 is 11.8 Å². The van der Waals surface area contributed by atoms with E-state index in [1.54, 1.807) is 25.1 Å². The fourth-order valence-electron chi connectivity index (χ4n) is 1.46. The van der Waals surface area contributed by atoms with E-state index in [9.17, 15) is 0 Å². The molecule has 0 saturated carbocycles. The van der Waals surface area contributed by atoms with Gasteiger partial charge in [0.1, 0.15) is 5.75 Å². The van der Waals surface area contributed by atoms with Gasteiger partial charge in [0.25, 0.3) is 0 Å². The first kappa shape index (κ1) is 11.9. The van der Waals surface area contributed by atoms with Crippen molar-refractivity contribution in [2.75, 3.05) is 7.11 Å². The average molecular weight is 246 g/mol. The Labute approximate surface area is 105 Å². The van der Waals surface area contributed by atoms with Crippen molar-refractivity contribution in [2.24, 2.45) is 0 Å². The smallest absolute Gasteiger partial charge is 0.188 e. The quantitative estimate of drug-likeness (QED) is 0.613. The van der Waals surface area contributed by atoms with Crippen LogP contribution in [0.25, 0.3) is 0 Å². The number of hydrogen-bond acceptors (Lipinski definition) is 4. The van der Waals surface area contributed by atoms with Crippen LogP contribution in [0.1, 0.15) is 11.3 Å². The third kappa shape index (κ3) is 3.20. The summed E-state index contributed by atoms with van der Waals surface area (Å²) in [7, 11) is 1.69.